The predicted molar refractivity (Wildman–Crippen MR) is 93.5 cm³/mol. The second kappa shape index (κ2) is 7.87. The fourth-order valence-corrected chi connectivity index (χ4v) is 3.20. The van der Waals surface area contributed by atoms with Crippen molar-refractivity contribution in [3.63, 3.8) is 0 Å². The Labute approximate surface area is 156 Å². The summed E-state index contributed by atoms with van der Waals surface area (Å²) < 4.78 is 53.3. The first kappa shape index (κ1) is 19.0. The molecule has 27 heavy (non-hydrogen) atoms. The van der Waals surface area contributed by atoms with Crippen molar-refractivity contribution >= 4 is 17.2 Å². The number of amides is 1. The molecule has 1 heterocycles. The van der Waals surface area contributed by atoms with Crippen molar-refractivity contribution < 1.29 is 22.4 Å². The molecule has 0 saturated carbocycles. The maximum atomic E-state index is 13.5. The van der Waals surface area contributed by atoms with E-state index >= 15 is 0 Å². The lowest BCUT2D eigenvalue weighted by atomic mass is 10.1. The Hall–Kier alpha value is -2.74. The minimum atomic E-state index is -0.945. The van der Waals surface area contributed by atoms with Crippen molar-refractivity contribution in [1.29, 1.82) is 0 Å². The summed E-state index contributed by atoms with van der Waals surface area (Å²) in [4.78, 5) is 16.3. The second-order valence-electron chi connectivity index (χ2n) is 5.92. The first-order chi connectivity index (χ1) is 12.8. The van der Waals surface area contributed by atoms with E-state index in [2.05, 4.69) is 10.3 Å². The monoisotopic (exact) mass is 394 g/mol. The van der Waals surface area contributed by atoms with Gasteiger partial charge in [0, 0.05) is 23.9 Å². The molecule has 0 spiro atoms. The second-order valence-corrected chi connectivity index (χ2v) is 6.86. The number of nitrogens with one attached hydrogen (secondary N) is 1. The number of rotatable bonds is 5. The molecule has 1 amide bonds. The molecule has 1 N–H and O–H groups in total. The van der Waals surface area contributed by atoms with Crippen LogP contribution < -0.4 is 5.32 Å². The Bertz CT molecular complexity index is 980. The smallest absolute Gasteiger partial charge is 0.271 e. The van der Waals surface area contributed by atoms with Gasteiger partial charge in [-0.2, -0.15) is 0 Å². The van der Waals surface area contributed by atoms with E-state index in [0.29, 0.717) is 16.1 Å². The van der Waals surface area contributed by atoms with Crippen molar-refractivity contribution in [2.24, 2.45) is 0 Å². The quantitative estimate of drug-likeness (QED) is 0.646. The van der Waals surface area contributed by atoms with Gasteiger partial charge >= 0.3 is 0 Å². The summed E-state index contributed by atoms with van der Waals surface area (Å²) in [5.74, 6) is -3.73. The zero-order chi connectivity index (χ0) is 19.6. The van der Waals surface area contributed by atoms with Crippen LogP contribution in [0.2, 0.25) is 0 Å². The summed E-state index contributed by atoms with van der Waals surface area (Å²) in [7, 11) is 0. The molecular weight excluding hydrogens is 380 g/mol. The van der Waals surface area contributed by atoms with E-state index < -0.39 is 29.2 Å². The number of nitrogens with zero attached hydrogens (tertiary/aromatic N) is 1. The molecule has 0 aliphatic carbocycles. The van der Waals surface area contributed by atoms with Gasteiger partial charge in [0.25, 0.3) is 5.91 Å². The molecule has 2 aromatic carbocycles. The maximum Gasteiger partial charge on any atom is 0.271 e. The highest BCUT2D eigenvalue weighted by atomic mass is 32.1. The van der Waals surface area contributed by atoms with Crippen LogP contribution in [0.1, 0.15) is 32.2 Å². The van der Waals surface area contributed by atoms with Crippen molar-refractivity contribution in [2.45, 2.75) is 19.9 Å². The number of carbonyl (C=O) groups is 1. The topological polar surface area (TPSA) is 42.0 Å². The van der Waals surface area contributed by atoms with Crippen LogP contribution in [0.5, 0.6) is 0 Å². The van der Waals surface area contributed by atoms with Crippen LogP contribution >= 0.6 is 11.3 Å². The molecule has 1 aromatic heterocycles. The highest BCUT2D eigenvalue weighted by Crippen LogP contribution is 2.18. The first-order valence-electron chi connectivity index (χ1n) is 7.94. The Morgan fingerprint density at radius 1 is 1.00 bits per heavy atom. The van der Waals surface area contributed by atoms with E-state index in [4.69, 9.17) is 0 Å². The summed E-state index contributed by atoms with van der Waals surface area (Å²) in [6, 6.07) is 5.88. The lowest BCUT2D eigenvalue weighted by molar-refractivity contribution is 0.0946. The van der Waals surface area contributed by atoms with Crippen LogP contribution in [0, 0.1) is 30.2 Å². The van der Waals surface area contributed by atoms with Crippen molar-refractivity contribution in [2.75, 3.05) is 0 Å². The third kappa shape index (κ3) is 4.51. The van der Waals surface area contributed by atoms with Crippen LogP contribution in [-0.2, 0) is 13.0 Å². The summed E-state index contributed by atoms with van der Waals surface area (Å²) in [6.07, 6.45) is 0.254. The Morgan fingerprint density at radius 2 is 1.67 bits per heavy atom. The normalized spacial score (nSPS) is 10.9. The molecule has 0 bridgehead atoms. The van der Waals surface area contributed by atoms with Gasteiger partial charge in [0.2, 0.25) is 0 Å². The molecule has 0 unspecified atom stereocenters. The SMILES string of the molecule is Cc1c(F)cc(CNC(=O)c2csc(Cc3ccc(F)c(F)c3)n2)cc1F. The number of thiazole rings is 1. The van der Waals surface area contributed by atoms with Gasteiger partial charge in [0.15, 0.2) is 11.6 Å². The third-order valence-corrected chi connectivity index (χ3v) is 4.77. The Morgan fingerprint density at radius 3 is 2.33 bits per heavy atom. The molecule has 3 rings (SSSR count). The number of halogens is 4. The molecule has 0 aliphatic heterocycles. The molecular formula is C19H14F4N2OS. The van der Waals surface area contributed by atoms with Gasteiger partial charge in [-0.25, -0.2) is 22.5 Å². The summed E-state index contributed by atoms with van der Waals surface area (Å²) in [5.41, 5.74) is 0.888. The van der Waals surface area contributed by atoms with Gasteiger partial charge in [0.1, 0.15) is 17.3 Å². The molecule has 0 aliphatic rings. The summed E-state index contributed by atoms with van der Waals surface area (Å²) >= 11 is 1.20. The van der Waals surface area contributed by atoms with Gasteiger partial charge in [-0.1, -0.05) is 6.07 Å². The highest BCUT2D eigenvalue weighted by molar-refractivity contribution is 7.09. The van der Waals surface area contributed by atoms with E-state index in [1.807, 2.05) is 0 Å². The number of benzene rings is 2. The van der Waals surface area contributed by atoms with Crippen molar-refractivity contribution in [3.8, 4) is 0 Å². The minimum absolute atomic E-state index is 0.0526. The van der Waals surface area contributed by atoms with Crippen LogP contribution in [0.4, 0.5) is 17.6 Å². The molecule has 0 saturated heterocycles. The van der Waals surface area contributed by atoms with E-state index in [9.17, 15) is 22.4 Å². The summed E-state index contributed by atoms with van der Waals surface area (Å²) in [5, 5.41) is 4.63. The van der Waals surface area contributed by atoms with Gasteiger partial charge in [-0.3, -0.25) is 4.79 Å². The number of carbonyl (C=O) groups excluding carboxylic acids is 1. The average Bonchev–Trinajstić information content (AvgIpc) is 3.09. The molecule has 0 radical (unpaired) electrons. The third-order valence-electron chi connectivity index (χ3n) is 3.92. The lowest BCUT2D eigenvalue weighted by Gasteiger charge is -2.06. The number of hydrogen-bond acceptors (Lipinski definition) is 3. The van der Waals surface area contributed by atoms with E-state index in [1.165, 1.54) is 29.7 Å². The van der Waals surface area contributed by atoms with Gasteiger partial charge < -0.3 is 5.32 Å². The van der Waals surface area contributed by atoms with Gasteiger partial charge in [-0.05, 0) is 42.3 Å². The molecule has 3 nitrogen and oxygen atoms in total. The van der Waals surface area contributed by atoms with E-state index in [-0.39, 0.29) is 24.2 Å². The Kier molecular flexibility index (Phi) is 5.55. The van der Waals surface area contributed by atoms with E-state index in [1.54, 1.807) is 0 Å². The lowest BCUT2D eigenvalue weighted by Crippen LogP contribution is -2.23. The maximum absolute atomic E-state index is 13.5. The van der Waals surface area contributed by atoms with Crippen molar-refractivity contribution in [3.05, 3.63) is 86.4 Å². The zero-order valence-corrected chi connectivity index (χ0v) is 15.0. The molecule has 8 heteroatoms. The highest BCUT2D eigenvalue weighted by Gasteiger charge is 2.13. The van der Waals surface area contributed by atoms with Crippen molar-refractivity contribution in [1.82, 2.24) is 10.3 Å². The molecule has 0 atom stereocenters. The number of aromatic nitrogens is 1. The van der Waals surface area contributed by atoms with Crippen LogP contribution in [0.25, 0.3) is 0 Å². The Balaban J connectivity index is 1.63. The molecule has 3 aromatic rings. The number of hydrogen-bond donors (Lipinski definition) is 1. The molecule has 140 valence electrons. The standard InChI is InChI=1S/C19H14F4N2OS/c1-10-14(21)5-12(6-15(10)22)8-24-19(26)17-9-27-18(25-17)7-11-2-3-13(20)16(23)4-11/h2-6,9H,7-8H2,1H3,(H,24,26). The van der Waals surface area contributed by atoms with E-state index in [0.717, 1.165) is 24.3 Å². The average molecular weight is 394 g/mol. The fourth-order valence-electron chi connectivity index (χ4n) is 2.39. The van der Waals surface area contributed by atoms with Crippen LogP contribution in [0.15, 0.2) is 35.7 Å². The predicted octanol–water partition coefficient (Wildman–Crippen LogP) is 4.53. The zero-order valence-electron chi connectivity index (χ0n) is 14.2. The first-order valence-corrected chi connectivity index (χ1v) is 8.82. The van der Waals surface area contributed by atoms with Gasteiger partial charge in [-0.15, -0.1) is 11.3 Å². The van der Waals surface area contributed by atoms with Gasteiger partial charge in [0.05, 0.1) is 5.01 Å². The van der Waals surface area contributed by atoms with Crippen LogP contribution in [-0.4, -0.2) is 10.9 Å². The summed E-state index contributed by atoms with van der Waals surface area (Å²) in [6.45, 7) is 1.28. The van der Waals surface area contributed by atoms with Crippen LogP contribution in [0.3, 0.4) is 0 Å². The molecule has 0 fully saturated rings. The largest absolute Gasteiger partial charge is 0.347 e. The fraction of sp³-hybridized carbons (Fsp3) is 0.158. The minimum Gasteiger partial charge on any atom is -0.347 e.